The number of nitrogens with zero attached hydrogens (tertiary/aromatic N) is 2. The number of nitrogens with one attached hydrogen (secondary N) is 2. The Labute approximate surface area is 202 Å². The Morgan fingerprint density at radius 2 is 1.69 bits per heavy atom. The summed E-state index contributed by atoms with van der Waals surface area (Å²) in [6.45, 7) is 0. The van der Waals surface area contributed by atoms with E-state index in [1.54, 1.807) is 31.4 Å². The van der Waals surface area contributed by atoms with Gasteiger partial charge in [0.15, 0.2) is 0 Å². The molecule has 35 heavy (non-hydrogen) atoms. The summed E-state index contributed by atoms with van der Waals surface area (Å²) in [7, 11) is 2.94. The molecule has 8 nitrogen and oxygen atoms in total. The molecule has 1 aromatic heterocycles. The van der Waals surface area contributed by atoms with Crippen LogP contribution in [0.25, 0.3) is 17.0 Å². The highest BCUT2D eigenvalue weighted by molar-refractivity contribution is 6.04. The van der Waals surface area contributed by atoms with Gasteiger partial charge in [0.05, 0.1) is 26.2 Å². The van der Waals surface area contributed by atoms with Crippen LogP contribution in [0.4, 0.5) is 17.2 Å². The first-order valence-corrected chi connectivity index (χ1v) is 10.9. The van der Waals surface area contributed by atoms with Gasteiger partial charge >= 0.3 is 5.97 Å². The van der Waals surface area contributed by atoms with Crippen molar-refractivity contribution in [2.45, 2.75) is 6.42 Å². The zero-order valence-corrected chi connectivity index (χ0v) is 19.3. The van der Waals surface area contributed by atoms with E-state index in [1.807, 2.05) is 54.6 Å². The Balaban J connectivity index is 1.53. The first-order valence-electron chi connectivity index (χ1n) is 10.9. The molecule has 2 N–H and O–H groups in total. The number of hydrogen-bond donors (Lipinski definition) is 2. The summed E-state index contributed by atoms with van der Waals surface area (Å²) in [5, 5.41) is 6.95. The maximum Gasteiger partial charge on any atom is 0.309 e. The molecule has 0 spiro atoms. The van der Waals surface area contributed by atoms with Crippen molar-refractivity contribution in [3.63, 3.8) is 0 Å². The molecule has 0 saturated carbocycles. The van der Waals surface area contributed by atoms with Crippen molar-refractivity contribution < 1.29 is 19.1 Å². The minimum Gasteiger partial charge on any atom is -0.496 e. The predicted molar refractivity (Wildman–Crippen MR) is 136 cm³/mol. The van der Waals surface area contributed by atoms with Crippen molar-refractivity contribution in [1.29, 1.82) is 0 Å². The summed E-state index contributed by atoms with van der Waals surface area (Å²) in [6, 6.07) is 20.1. The standard InChI is InChI=1S/C27H24N4O4/c1-34-24-16-22-23(15-19(24)9-6-10-25(32)35-2)28-17-29-26(22)30-20-11-13-21(14-12-20)31-27(33)18-7-4-3-5-8-18/h3-9,11-17H,10H2,1-2H3,(H,31,33)(H,28,29,30). The van der Waals surface area contributed by atoms with Crippen molar-refractivity contribution in [1.82, 2.24) is 9.97 Å². The molecular weight excluding hydrogens is 444 g/mol. The summed E-state index contributed by atoms with van der Waals surface area (Å²) in [4.78, 5) is 32.5. The third-order valence-electron chi connectivity index (χ3n) is 5.24. The Hall–Kier alpha value is -4.72. The second kappa shape index (κ2) is 10.9. The van der Waals surface area contributed by atoms with Crippen LogP contribution in [0.3, 0.4) is 0 Å². The van der Waals surface area contributed by atoms with E-state index >= 15 is 0 Å². The number of fused-ring (bicyclic) bond motifs is 1. The highest BCUT2D eigenvalue weighted by Gasteiger charge is 2.10. The fourth-order valence-corrected chi connectivity index (χ4v) is 3.44. The Bertz CT molecular complexity index is 1370. The predicted octanol–water partition coefficient (Wildman–Crippen LogP) is 5.21. The maximum atomic E-state index is 12.4. The van der Waals surface area contributed by atoms with Gasteiger partial charge in [-0.05, 0) is 48.5 Å². The number of rotatable bonds is 8. The van der Waals surface area contributed by atoms with Crippen molar-refractivity contribution in [2.24, 2.45) is 0 Å². The number of carbonyl (C=O) groups is 2. The third-order valence-corrected chi connectivity index (χ3v) is 5.24. The Kier molecular flexibility index (Phi) is 7.32. The fraction of sp³-hybridized carbons (Fsp3) is 0.111. The fourth-order valence-electron chi connectivity index (χ4n) is 3.44. The average Bonchev–Trinajstić information content (AvgIpc) is 2.90. The number of amides is 1. The second-order valence-electron chi connectivity index (χ2n) is 7.54. The molecular formula is C27H24N4O4. The van der Waals surface area contributed by atoms with Gasteiger partial charge in [-0.3, -0.25) is 9.59 Å². The van der Waals surface area contributed by atoms with Gasteiger partial charge in [-0.1, -0.05) is 30.4 Å². The topological polar surface area (TPSA) is 102 Å². The van der Waals surface area contributed by atoms with Gasteiger partial charge in [-0.15, -0.1) is 0 Å². The summed E-state index contributed by atoms with van der Waals surface area (Å²) < 4.78 is 10.2. The number of methoxy groups -OCH3 is 2. The van der Waals surface area contributed by atoms with E-state index in [-0.39, 0.29) is 18.3 Å². The molecule has 0 aliphatic heterocycles. The van der Waals surface area contributed by atoms with E-state index in [0.717, 1.165) is 16.6 Å². The highest BCUT2D eigenvalue weighted by atomic mass is 16.5. The molecule has 4 aromatic rings. The Morgan fingerprint density at radius 1 is 0.943 bits per heavy atom. The lowest BCUT2D eigenvalue weighted by Gasteiger charge is -2.12. The number of esters is 1. The van der Waals surface area contributed by atoms with Gasteiger partial charge < -0.3 is 20.1 Å². The smallest absolute Gasteiger partial charge is 0.309 e. The second-order valence-corrected chi connectivity index (χ2v) is 7.54. The summed E-state index contributed by atoms with van der Waals surface area (Å²) in [5.74, 6) is 0.743. The first kappa shape index (κ1) is 23.4. The minimum atomic E-state index is -0.319. The zero-order valence-electron chi connectivity index (χ0n) is 19.3. The lowest BCUT2D eigenvalue weighted by Crippen LogP contribution is -2.11. The molecule has 1 heterocycles. The Morgan fingerprint density at radius 3 is 2.40 bits per heavy atom. The van der Waals surface area contributed by atoms with Crippen LogP contribution < -0.4 is 15.4 Å². The van der Waals surface area contributed by atoms with Crippen LogP contribution >= 0.6 is 0 Å². The van der Waals surface area contributed by atoms with E-state index in [1.165, 1.54) is 13.4 Å². The van der Waals surface area contributed by atoms with Crippen molar-refractivity contribution in [3.05, 3.63) is 90.3 Å². The number of hydrogen-bond acceptors (Lipinski definition) is 7. The van der Waals surface area contributed by atoms with Gasteiger partial charge in [0.25, 0.3) is 5.91 Å². The van der Waals surface area contributed by atoms with E-state index < -0.39 is 0 Å². The number of carbonyl (C=O) groups excluding carboxylic acids is 2. The molecule has 0 unspecified atom stereocenters. The number of ether oxygens (including phenoxy) is 2. The van der Waals surface area contributed by atoms with Crippen molar-refractivity contribution >= 4 is 46.0 Å². The van der Waals surface area contributed by atoms with Gasteiger partial charge in [0, 0.05) is 27.9 Å². The molecule has 0 atom stereocenters. The average molecular weight is 469 g/mol. The monoisotopic (exact) mass is 468 g/mol. The molecule has 176 valence electrons. The number of anilines is 3. The van der Waals surface area contributed by atoms with Crippen molar-refractivity contribution in [3.8, 4) is 5.75 Å². The van der Waals surface area contributed by atoms with E-state index in [9.17, 15) is 9.59 Å². The van der Waals surface area contributed by atoms with Gasteiger partial charge in [0.2, 0.25) is 0 Å². The van der Waals surface area contributed by atoms with Crippen LogP contribution in [0, 0.1) is 0 Å². The van der Waals surface area contributed by atoms with E-state index in [4.69, 9.17) is 4.74 Å². The third kappa shape index (κ3) is 5.80. The zero-order chi connectivity index (χ0) is 24.6. The van der Waals surface area contributed by atoms with Crippen LogP contribution in [0.2, 0.25) is 0 Å². The minimum absolute atomic E-state index is 0.163. The molecule has 1 amide bonds. The summed E-state index contributed by atoms with van der Waals surface area (Å²) in [5.41, 5.74) is 3.57. The number of aromatic nitrogens is 2. The van der Waals surface area contributed by atoms with Gasteiger partial charge in [0.1, 0.15) is 17.9 Å². The van der Waals surface area contributed by atoms with Crippen LogP contribution in [-0.4, -0.2) is 36.1 Å². The van der Waals surface area contributed by atoms with E-state index in [2.05, 4.69) is 25.3 Å². The first-order chi connectivity index (χ1) is 17.1. The molecule has 3 aromatic carbocycles. The highest BCUT2D eigenvalue weighted by Crippen LogP contribution is 2.31. The lowest BCUT2D eigenvalue weighted by atomic mass is 10.1. The van der Waals surface area contributed by atoms with Crippen LogP contribution in [0.5, 0.6) is 5.75 Å². The molecule has 8 heteroatoms. The van der Waals surface area contributed by atoms with Crippen molar-refractivity contribution in [2.75, 3.05) is 24.9 Å². The molecule has 0 fully saturated rings. The van der Waals surface area contributed by atoms with Crippen LogP contribution in [0.15, 0.2) is 79.1 Å². The van der Waals surface area contributed by atoms with Crippen LogP contribution in [0.1, 0.15) is 22.3 Å². The molecule has 4 rings (SSSR count). The maximum absolute atomic E-state index is 12.4. The molecule has 0 aliphatic rings. The van der Waals surface area contributed by atoms with E-state index in [0.29, 0.717) is 28.3 Å². The van der Waals surface area contributed by atoms with Crippen LogP contribution in [-0.2, 0) is 9.53 Å². The van der Waals surface area contributed by atoms with Gasteiger partial charge in [-0.2, -0.15) is 0 Å². The lowest BCUT2D eigenvalue weighted by molar-refractivity contribution is -0.139. The summed E-state index contributed by atoms with van der Waals surface area (Å²) >= 11 is 0. The number of benzene rings is 3. The summed E-state index contributed by atoms with van der Waals surface area (Å²) in [6.07, 6.45) is 5.16. The van der Waals surface area contributed by atoms with Gasteiger partial charge in [-0.25, -0.2) is 9.97 Å². The quantitative estimate of drug-likeness (QED) is 0.342. The molecule has 0 bridgehead atoms. The largest absolute Gasteiger partial charge is 0.496 e. The molecule has 0 aliphatic carbocycles. The normalized spacial score (nSPS) is 10.8. The molecule has 0 saturated heterocycles. The molecule has 0 radical (unpaired) electrons. The SMILES string of the molecule is COC(=O)CC=Cc1cc2ncnc(Nc3ccc(NC(=O)c4ccccc4)cc3)c2cc1OC.